The molecule has 224 valence electrons. The Kier molecular flexibility index (Phi) is 9.12. The average molecular weight is 574 g/mol. The Bertz CT molecular complexity index is 1300. The highest BCUT2D eigenvalue weighted by Crippen LogP contribution is 2.35. The van der Waals surface area contributed by atoms with E-state index in [0.29, 0.717) is 23.6 Å². The SMILES string of the molecule is C[C@@H]1[C@H](NC(=O)N(C)C)CCCN1c1cnc(C(N)=O)c(Nc2ccc(C3CCN(C4CCC(C#N)C4)CC3)cc2)n1. The van der Waals surface area contributed by atoms with E-state index in [1.165, 1.54) is 10.5 Å². The van der Waals surface area contributed by atoms with Crippen molar-refractivity contribution in [2.45, 2.75) is 75.9 Å². The number of hydrogen-bond acceptors (Lipinski definition) is 8. The predicted octanol–water partition coefficient (Wildman–Crippen LogP) is 3.82. The smallest absolute Gasteiger partial charge is 0.317 e. The number of urea groups is 1. The van der Waals surface area contributed by atoms with Crippen LogP contribution in [0.4, 0.5) is 22.1 Å². The number of piperidine rings is 2. The van der Waals surface area contributed by atoms with Gasteiger partial charge in [0.2, 0.25) is 0 Å². The molecule has 3 fully saturated rings. The number of amides is 3. The second kappa shape index (κ2) is 12.9. The molecular weight excluding hydrogens is 530 g/mol. The van der Waals surface area contributed by atoms with Gasteiger partial charge in [0.1, 0.15) is 5.82 Å². The van der Waals surface area contributed by atoms with Crippen molar-refractivity contribution in [3.63, 3.8) is 0 Å². The van der Waals surface area contributed by atoms with Gasteiger partial charge in [0.25, 0.3) is 5.91 Å². The minimum absolute atomic E-state index is 0.00336. The molecule has 3 aliphatic rings. The molecule has 1 aliphatic carbocycles. The van der Waals surface area contributed by atoms with Crippen molar-refractivity contribution in [2.75, 3.05) is 43.9 Å². The summed E-state index contributed by atoms with van der Waals surface area (Å²) in [5.41, 5.74) is 7.86. The molecule has 42 heavy (non-hydrogen) atoms. The monoisotopic (exact) mass is 573 g/mol. The summed E-state index contributed by atoms with van der Waals surface area (Å²) in [6.07, 6.45) is 8.78. The van der Waals surface area contributed by atoms with E-state index in [1.807, 2.05) is 12.1 Å². The molecule has 0 bridgehead atoms. The van der Waals surface area contributed by atoms with Gasteiger partial charge in [-0.1, -0.05) is 12.1 Å². The van der Waals surface area contributed by atoms with Crippen LogP contribution in [-0.4, -0.2) is 83.6 Å². The van der Waals surface area contributed by atoms with Crippen LogP contribution in [0.2, 0.25) is 0 Å². The third-order valence-electron chi connectivity index (χ3n) is 9.27. The molecule has 0 spiro atoms. The molecule has 4 atom stereocenters. The lowest BCUT2D eigenvalue weighted by atomic mass is 9.88. The fourth-order valence-electron chi connectivity index (χ4n) is 6.71. The Morgan fingerprint density at radius 2 is 1.81 bits per heavy atom. The van der Waals surface area contributed by atoms with Crippen LogP contribution in [0.15, 0.2) is 30.5 Å². The first-order valence-electron chi connectivity index (χ1n) is 15.2. The van der Waals surface area contributed by atoms with Gasteiger partial charge >= 0.3 is 6.03 Å². The van der Waals surface area contributed by atoms with E-state index in [-0.39, 0.29) is 29.7 Å². The van der Waals surface area contributed by atoms with E-state index < -0.39 is 5.91 Å². The van der Waals surface area contributed by atoms with E-state index in [4.69, 9.17) is 10.7 Å². The van der Waals surface area contributed by atoms with Gasteiger partial charge in [-0.25, -0.2) is 14.8 Å². The van der Waals surface area contributed by atoms with Gasteiger partial charge in [-0.3, -0.25) is 4.79 Å². The zero-order valence-corrected chi connectivity index (χ0v) is 24.9. The number of carbonyl (C=O) groups is 2. The van der Waals surface area contributed by atoms with Crippen molar-refractivity contribution < 1.29 is 9.59 Å². The molecule has 3 amide bonds. The molecule has 1 aromatic heterocycles. The zero-order valence-electron chi connectivity index (χ0n) is 24.9. The van der Waals surface area contributed by atoms with Gasteiger partial charge < -0.3 is 31.1 Å². The maximum absolute atomic E-state index is 12.3. The molecule has 2 saturated heterocycles. The van der Waals surface area contributed by atoms with Crippen LogP contribution in [0.25, 0.3) is 0 Å². The molecule has 3 heterocycles. The van der Waals surface area contributed by atoms with E-state index in [1.54, 1.807) is 20.3 Å². The Balaban J connectivity index is 1.24. The standard InChI is InChI=1S/C31H43N9O2/c1-20-26(36-31(42)38(2)3)5-4-14-40(20)27-19-34-28(29(33)41)30(37-27)35-24-9-7-22(8-10-24)23-12-15-39(16-13-23)25-11-6-21(17-25)18-32/h7-10,19-21,23,25-26H,4-6,11-17H2,1-3H3,(H2,33,41)(H,35,37)(H,36,42)/t20-,21?,25?,26-/m1/s1. The third kappa shape index (κ3) is 6.59. The normalized spacial score (nSPS) is 25.0. The summed E-state index contributed by atoms with van der Waals surface area (Å²) in [6, 6.07) is 11.2. The van der Waals surface area contributed by atoms with E-state index in [2.05, 4.69) is 50.5 Å². The minimum Gasteiger partial charge on any atom is -0.364 e. The van der Waals surface area contributed by atoms with E-state index in [0.717, 1.165) is 70.3 Å². The van der Waals surface area contributed by atoms with Crippen molar-refractivity contribution >= 4 is 29.3 Å². The lowest BCUT2D eigenvalue weighted by Crippen LogP contribution is -2.56. The number of carbonyl (C=O) groups excluding carboxylic acids is 2. The molecule has 2 aromatic rings. The van der Waals surface area contributed by atoms with Gasteiger partial charge in [-0.15, -0.1) is 0 Å². The van der Waals surface area contributed by atoms with Crippen LogP contribution in [0.3, 0.4) is 0 Å². The number of likely N-dealkylation sites (tertiary alicyclic amines) is 1. The summed E-state index contributed by atoms with van der Waals surface area (Å²) in [4.78, 5) is 39.9. The Morgan fingerprint density at radius 3 is 2.45 bits per heavy atom. The molecular formula is C31H43N9O2. The topological polar surface area (TPSA) is 144 Å². The number of primary amides is 1. The predicted molar refractivity (Wildman–Crippen MR) is 163 cm³/mol. The van der Waals surface area contributed by atoms with Crippen molar-refractivity contribution in [1.29, 1.82) is 5.26 Å². The van der Waals surface area contributed by atoms with Crippen LogP contribution >= 0.6 is 0 Å². The number of hydrogen-bond donors (Lipinski definition) is 3. The number of nitrogens with one attached hydrogen (secondary N) is 2. The largest absolute Gasteiger partial charge is 0.364 e. The second-order valence-corrected chi connectivity index (χ2v) is 12.2. The number of rotatable bonds is 7. The van der Waals surface area contributed by atoms with Gasteiger partial charge in [0.05, 0.1) is 18.3 Å². The fraction of sp³-hybridized carbons (Fsp3) is 0.581. The minimum atomic E-state index is -0.647. The average Bonchev–Trinajstić information content (AvgIpc) is 3.48. The Labute approximate surface area is 248 Å². The number of nitriles is 1. The lowest BCUT2D eigenvalue weighted by Gasteiger charge is -2.40. The summed E-state index contributed by atoms with van der Waals surface area (Å²) in [7, 11) is 3.45. The van der Waals surface area contributed by atoms with Crippen LogP contribution in [0.5, 0.6) is 0 Å². The van der Waals surface area contributed by atoms with Crippen molar-refractivity contribution in [2.24, 2.45) is 11.7 Å². The number of anilines is 3. The molecule has 1 aromatic carbocycles. The van der Waals surface area contributed by atoms with Crippen LogP contribution in [0.1, 0.15) is 73.8 Å². The third-order valence-corrected chi connectivity index (χ3v) is 9.27. The molecule has 11 heteroatoms. The maximum atomic E-state index is 12.3. The summed E-state index contributed by atoms with van der Waals surface area (Å²) < 4.78 is 0. The van der Waals surface area contributed by atoms with Crippen molar-refractivity contribution in [3.8, 4) is 6.07 Å². The Hall–Kier alpha value is -3.91. The number of aromatic nitrogens is 2. The zero-order chi connectivity index (χ0) is 29.8. The highest BCUT2D eigenvalue weighted by Gasteiger charge is 2.33. The van der Waals surface area contributed by atoms with Gasteiger partial charge in [-0.05, 0) is 88.6 Å². The van der Waals surface area contributed by atoms with Crippen LogP contribution in [-0.2, 0) is 0 Å². The Morgan fingerprint density at radius 1 is 1.07 bits per heavy atom. The van der Waals surface area contributed by atoms with Crippen LogP contribution < -0.4 is 21.3 Å². The lowest BCUT2D eigenvalue weighted by molar-refractivity contribution is 0.0996. The number of nitrogens with two attached hydrogens (primary N) is 1. The number of nitrogens with zero attached hydrogens (tertiary/aromatic N) is 6. The van der Waals surface area contributed by atoms with Gasteiger partial charge in [0.15, 0.2) is 11.5 Å². The fourth-order valence-corrected chi connectivity index (χ4v) is 6.71. The highest BCUT2D eigenvalue weighted by molar-refractivity contribution is 5.96. The highest BCUT2D eigenvalue weighted by atomic mass is 16.2. The molecule has 2 unspecified atom stereocenters. The molecule has 1 saturated carbocycles. The first-order chi connectivity index (χ1) is 20.2. The molecule has 11 nitrogen and oxygen atoms in total. The number of benzene rings is 1. The van der Waals surface area contributed by atoms with Crippen molar-refractivity contribution in [3.05, 3.63) is 41.7 Å². The molecule has 0 radical (unpaired) electrons. The van der Waals surface area contributed by atoms with E-state index in [9.17, 15) is 14.9 Å². The van der Waals surface area contributed by atoms with E-state index >= 15 is 0 Å². The summed E-state index contributed by atoms with van der Waals surface area (Å²) in [6.45, 7) is 4.99. The molecule has 5 rings (SSSR count). The molecule has 2 aliphatic heterocycles. The maximum Gasteiger partial charge on any atom is 0.317 e. The molecule has 4 N–H and O–H groups in total. The first-order valence-corrected chi connectivity index (χ1v) is 15.2. The first kappa shape index (κ1) is 29.6. The summed E-state index contributed by atoms with van der Waals surface area (Å²) in [5.74, 6) is 1.04. The quantitative estimate of drug-likeness (QED) is 0.454. The van der Waals surface area contributed by atoms with Crippen LogP contribution in [0, 0.1) is 17.2 Å². The summed E-state index contributed by atoms with van der Waals surface area (Å²) in [5, 5.41) is 15.6. The second-order valence-electron chi connectivity index (χ2n) is 12.2. The van der Waals surface area contributed by atoms with Gasteiger partial charge in [-0.2, -0.15) is 5.26 Å². The van der Waals surface area contributed by atoms with Gasteiger partial charge in [0, 0.05) is 44.3 Å². The summed E-state index contributed by atoms with van der Waals surface area (Å²) >= 11 is 0. The van der Waals surface area contributed by atoms with Crippen molar-refractivity contribution in [1.82, 2.24) is 25.1 Å².